The molecular formula is C23H19N. The summed E-state index contributed by atoms with van der Waals surface area (Å²) in [4.78, 5) is 3.69. The van der Waals surface area contributed by atoms with E-state index in [1.165, 1.54) is 44.1 Å². The number of hydrogen-bond acceptors (Lipinski definition) is 0. The lowest BCUT2D eigenvalue weighted by Crippen LogP contribution is -2.18. The minimum atomic E-state index is 0.0886. The van der Waals surface area contributed by atoms with E-state index >= 15 is 0 Å². The molecule has 0 atom stereocenters. The van der Waals surface area contributed by atoms with Gasteiger partial charge < -0.3 is 4.98 Å². The van der Waals surface area contributed by atoms with Gasteiger partial charge in [0.2, 0.25) is 0 Å². The van der Waals surface area contributed by atoms with Crippen molar-refractivity contribution in [3.63, 3.8) is 0 Å². The Balaban J connectivity index is 1.87. The molecule has 1 aromatic heterocycles. The number of rotatable bonds is 0. The molecular weight excluding hydrogens is 290 g/mol. The zero-order valence-electron chi connectivity index (χ0n) is 14.0. The van der Waals surface area contributed by atoms with Crippen LogP contribution in [-0.2, 0) is 18.3 Å². The van der Waals surface area contributed by atoms with Crippen LogP contribution in [0.1, 0.15) is 36.1 Å². The molecule has 1 N–H and O–H groups in total. The highest BCUT2D eigenvalue weighted by Crippen LogP contribution is 2.53. The van der Waals surface area contributed by atoms with E-state index in [1.54, 1.807) is 11.1 Å². The monoisotopic (exact) mass is 309 g/mol. The Hall–Kier alpha value is -2.54. The van der Waals surface area contributed by atoms with Crippen molar-refractivity contribution in [3.8, 4) is 11.1 Å². The third kappa shape index (κ3) is 1.30. The average Bonchev–Trinajstić information content (AvgIpc) is 3.08. The summed E-state index contributed by atoms with van der Waals surface area (Å²) >= 11 is 0. The summed E-state index contributed by atoms with van der Waals surface area (Å²) in [6.45, 7) is 4.79. The van der Waals surface area contributed by atoms with Crippen LogP contribution in [0.5, 0.6) is 0 Å². The van der Waals surface area contributed by atoms with Crippen molar-refractivity contribution in [1.82, 2.24) is 4.98 Å². The second-order valence-electron chi connectivity index (χ2n) is 7.84. The molecule has 24 heavy (non-hydrogen) atoms. The van der Waals surface area contributed by atoms with Crippen LogP contribution in [0.2, 0.25) is 0 Å². The molecule has 0 saturated heterocycles. The van der Waals surface area contributed by atoms with Crippen LogP contribution >= 0.6 is 0 Å². The molecule has 0 aliphatic heterocycles. The zero-order chi connectivity index (χ0) is 16.1. The number of aryl methyl sites for hydroxylation is 2. The Labute approximate surface area is 141 Å². The van der Waals surface area contributed by atoms with Crippen molar-refractivity contribution >= 4 is 21.8 Å². The largest absolute Gasteiger partial charge is 0.354 e. The van der Waals surface area contributed by atoms with Gasteiger partial charge in [0.15, 0.2) is 0 Å². The Morgan fingerprint density at radius 2 is 1.71 bits per heavy atom. The molecule has 0 bridgehead atoms. The van der Waals surface area contributed by atoms with Gasteiger partial charge in [-0.2, -0.15) is 0 Å². The van der Waals surface area contributed by atoms with E-state index in [4.69, 9.17) is 0 Å². The van der Waals surface area contributed by atoms with Gasteiger partial charge in [0, 0.05) is 27.2 Å². The lowest BCUT2D eigenvalue weighted by atomic mass is 9.76. The zero-order valence-corrected chi connectivity index (χ0v) is 14.0. The Bertz CT molecular complexity index is 1170. The third-order valence-corrected chi connectivity index (χ3v) is 6.26. The topological polar surface area (TPSA) is 15.8 Å². The molecule has 1 heterocycles. The number of benzene rings is 3. The number of aromatic nitrogens is 1. The maximum Gasteiger partial charge on any atom is 0.0474 e. The van der Waals surface area contributed by atoms with Gasteiger partial charge in [0.1, 0.15) is 0 Å². The van der Waals surface area contributed by atoms with E-state index in [0.717, 1.165) is 12.8 Å². The molecule has 2 aliphatic rings. The summed E-state index contributed by atoms with van der Waals surface area (Å²) in [5.74, 6) is 0. The molecule has 1 nitrogen and oxygen atoms in total. The standard InChI is InChI=1S/C23H19N/c1-23(2)17-8-4-3-7-14(17)16-12-19-21-15(22(16)23)11-10-13-6-5-9-18(24-19)20(13)21/h3-9,12,24H,10-11H2,1-2H3. The third-order valence-electron chi connectivity index (χ3n) is 6.26. The fraction of sp³-hybridized carbons (Fsp3) is 0.217. The Morgan fingerprint density at radius 3 is 2.62 bits per heavy atom. The molecule has 2 aliphatic carbocycles. The van der Waals surface area contributed by atoms with E-state index < -0.39 is 0 Å². The average molecular weight is 309 g/mol. The highest BCUT2D eigenvalue weighted by Gasteiger charge is 2.39. The van der Waals surface area contributed by atoms with Crippen molar-refractivity contribution in [2.24, 2.45) is 0 Å². The Morgan fingerprint density at radius 1 is 0.833 bits per heavy atom. The molecule has 0 fully saturated rings. The Kier molecular flexibility index (Phi) is 2.10. The molecule has 3 aromatic carbocycles. The van der Waals surface area contributed by atoms with Crippen LogP contribution in [0, 0.1) is 0 Å². The smallest absolute Gasteiger partial charge is 0.0474 e. The molecule has 1 heteroatoms. The predicted octanol–water partition coefficient (Wildman–Crippen LogP) is 5.73. The minimum Gasteiger partial charge on any atom is -0.354 e. The molecule has 0 saturated carbocycles. The summed E-state index contributed by atoms with van der Waals surface area (Å²) in [6.07, 6.45) is 2.31. The van der Waals surface area contributed by atoms with Gasteiger partial charge in [-0.1, -0.05) is 50.2 Å². The van der Waals surface area contributed by atoms with Gasteiger partial charge in [-0.15, -0.1) is 0 Å². The molecule has 0 amide bonds. The van der Waals surface area contributed by atoms with Gasteiger partial charge in [-0.05, 0) is 58.4 Å². The first kappa shape index (κ1) is 12.8. The van der Waals surface area contributed by atoms with E-state index in [9.17, 15) is 0 Å². The van der Waals surface area contributed by atoms with Gasteiger partial charge in [-0.25, -0.2) is 0 Å². The number of hydrogen-bond donors (Lipinski definition) is 1. The van der Waals surface area contributed by atoms with Crippen LogP contribution < -0.4 is 0 Å². The van der Waals surface area contributed by atoms with E-state index in [2.05, 4.69) is 67.4 Å². The second-order valence-corrected chi connectivity index (χ2v) is 7.84. The minimum absolute atomic E-state index is 0.0886. The molecule has 116 valence electrons. The summed E-state index contributed by atoms with van der Waals surface area (Å²) < 4.78 is 0. The SMILES string of the molecule is CC1(C)c2ccccc2-c2cc3[nH]c4cccc5c4c3c(c21)CC5. The summed E-state index contributed by atoms with van der Waals surface area (Å²) in [7, 11) is 0. The normalized spacial score (nSPS) is 16.8. The maximum atomic E-state index is 3.69. The molecule has 4 aromatic rings. The van der Waals surface area contributed by atoms with Crippen LogP contribution in [0.15, 0.2) is 48.5 Å². The van der Waals surface area contributed by atoms with Crippen molar-refractivity contribution in [2.45, 2.75) is 32.1 Å². The van der Waals surface area contributed by atoms with Crippen molar-refractivity contribution in [3.05, 3.63) is 70.8 Å². The number of aromatic amines is 1. The van der Waals surface area contributed by atoms with Crippen LogP contribution in [0.25, 0.3) is 32.9 Å². The lowest BCUT2D eigenvalue weighted by Gasteiger charge is -2.26. The quantitative estimate of drug-likeness (QED) is 0.427. The van der Waals surface area contributed by atoms with Gasteiger partial charge in [0.25, 0.3) is 0 Å². The number of H-pyrrole nitrogens is 1. The fourth-order valence-electron chi connectivity index (χ4n) is 5.31. The van der Waals surface area contributed by atoms with E-state index in [1.807, 2.05) is 0 Å². The van der Waals surface area contributed by atoms with Gasteiger partial charge in [-0.3, -0.25) is 0 Å². The fourth-order valence-corrected chi connectivity index (χ4v) is 5.31. The van der Waals surface area contributed by atoms with Crippen LogP contribution in [0.3, 0.4) is 0 Å². The summed E-state index contributed by atoms with van der Waals surface area (Å²) in [6, 6.07) is 18.0. The second kappa shape index (κ2) is 3.92. The van der Waals surface area contributed by atoms with Crippen molar-refractivity contribution in [1.29, 1.82) is 0 Å². The highest BCUT2D eigenvalue weighted by atomic mass is 14.7. The predicted molar refractivity (Wildman–Crippen MR) is 101 cm³/mol. The summed E-state index contributed by atoms with van der Waals surface area (Å²) in [5, 5.41) is 2.94. The lowest BCUT2D eigenvalue weighted by molar-refractivity contribution is 0.651. The molecule has 0 radical (unpaired) electrons. The first-order valence-electron chi connectivity index (χ1n) is 8.86. The van der Waals surface area contributed by atoms with E-state index in [0.29, 0.717) is 0 Å². The van der Waals surface area contributed by atoms with E-state index in [-0.39, 0.29) is 5.41 Å². The molecule has 0 unspecified atom stereocenters. The van der Waals surface area contributed by atoms with Gasteiger partial charge >= 0.3 is 0 Å². The first-order valence-corrected chi connectivity index (χ1v) is 8.86. The maximum absolute atomic E-state index is 3.69. The van der Waals surface area contributed by atoms with Crippen molar-refractivity contribution in [2.75, 3.05) is 0 Å². The molecule has 6 rings (SSSR count). The van der Waals surface area contributed by atoms with Crippen LogP contribution in [-0.4, -0.2) is 4.98 Å². The van der Waals surface area contributed by atoms with Crippen LogP contribution in [0.4, 0.5) is 0 Å². The number of fused-ring (bicyclic) bond motifs is 4. The summed E-state index contributed by atoms with van der Waals surface area (Å²) in [5.41, 5.74) is 11.6. The highest BCUT2D eigenvalue weighted by molar-refractivity contribution is 6.13. The first-order chi connectivity index (χ1) is 11.7. The number of nitrogens with one attached hydrogen (secondary N) is 1. The van der Waals surface area contributed by atoms with Gasteiger partial charge in [0.05, 0.1) is 0 Å². The molecule has 0 spiro atoms. The van der Waals surface area contributed by atoms with Crippen molar-refractivity contribution < 1.29 is 0 Å².